The zero-order valence-corrected chi connectivity index (χ0v) is 12.2. The monoisotopic (exact) mass is 292 g/mol. The van der Waals surface area contributed by atoms with Gasteiger partial charge in [-0.05, 0) is 30.3 Å². The van der Waals surface area contributed by atoms with E-state index in [9.17, 15) is 9.59 Å². The molecular formula is C13H16N4O2S. The zero-order valence-electron chi connectivity index (χ0n) is 11.4. The number of nitrogens with zero attached hydrogens (tertiary/aromatic N) is 3. The Balaban J connectivity index is 2.18. The lowest BCUT2D eigenvalue weighted by Gasteiger charge is -2.04. The van der Waals surface area contributed by atoms with E-state index in [1.807, 2.05) is 13.0 Å². The van der Waals surface area contributed by atoms with E-state index in [0.29, 0.717) is 23.8 Å². The Morgan fingerprint density at radius 3 is 2.80 bits per heavy atom. The number of pyridine rings is 1. The number of rotatable bonds is 6. The molecule has 0 unspecified atom stereocenters. The summed E-state index contributed by atoms with van der Waals surface area (Å²) >= 11 is 1.35. The second-order valence-electron chi connectivity index (χ2n) is 4.22. The van der Waals surface area contributed by atoms with Crippen molar-refractivity contribution in [2.24, 2.45) is 0 Å². The minimum atomic E-state index is -0.208. The Morgan fingerprint density at radius 1 is 1.40 bits per heavy atom. The highest BCUT2D eigenvalue weighted by molar-refractivity contribution is 7.99. The third kappa shape index (κ3) is 3.16. The van der Waals surface area contributed by atoms with Gasteiger partial charge in [0, 0.05) is 24.1 Å². The van der Waals surface area contributed by atoms with Crippen LogP contribution in [-0.2, 0) is 6.54 Å². The molecule has 1 N–H and O–H groups in total. The first-order valence-electron chi connectivity index (χ1n) is 6.48. The number of ketones is 1. The molecule has 0 spiro atoms. The number of carbonyl (C=O) groups is 1. The normalized spacial score (nSPS) is 10.7. The predicted molar refractivity (Wildman–Crippen MR) is 76.1 cm³/mol. The maximum absolute atomic E-state index is 11.6. The molecule has 0 saturated carbocycles. The van der Waals surface area contributed by atoms with Crippen LogP contribution in [0.2, 0.25) is 0 Å². The van der Waals surface area contributed by atoms with Crippen molar-refractivity contribution >= 4 is 17.5 Å². The summed E-state index contributed by atoms with van der Waals surface area (Å²) in [5, 5.41) is 7.04. The van der Waals surface area contributed by atoms with Gasteiger partial charge in [0.25, 0.3) is 0 Å². The van der Waals surface area contributed by atoms with Crippen LogP contribution in [0.1, 0.15) is 37.2 Å². The first-order valence-corrected chi connectivity index (χ1v) is 7.29. The quantitative estimate of drug-likeness (QED) is 0.825. The second kappa shape index (κ2) is 6.51. The Bertz CT molecular complexity index is 645. The van der Waals surface area contributed by atoms with E-state index in [-0.39, 0.29) is 11.5 Å². The van der Waals surface area contributed by atoms with Gasteiger partial charge in [-0.1, -0.05) is 13.8 Å². The van der Waals surface area contributed by atoms with Gasteiger partial charge in [-0.15, -0.1) is 5.10 Å². The molecule has 0 aliphatic heterocycles. The highest BCUT2D eigenvalue weighted by Crippen LogP contribution is 2.24. The largest absolute Gasteiger partial charge is 0.343 e. The van der Waals surface area contributed by atoms with Gasteiger partial charge in [0.1, 0.15) is 5.69 Å². The van der Waals surface area contributed by atoms with Crippen molar-refractivity contribution in [1.82, 2.24) is 19.7 Å². The highest BCUT2D eigenvalue weighted by atomic mass is 32.2. The first-order chi connectivity index (χ1) is 9.65. The fraction of sp³-hybridized carbons (Fsp3) is 0.385. The molecule has 0 amide bonds. The van der Waals surface area contributed by atoms with Crippen LogP contribution < -0.4 is 5.69 Å². The van der Waals surface area contributed by atoms with E-state index in [0.717, 1.165) is 11.3 Å². The lowest BCUT2D eigenvalue weighted by Crippen LogP contribution is -2.17. The third-order valence-electron chi connectivity index (χ3n) is 2.72. The average Bonchev–Trinajstić information content (AvgIpc) is 2.81. The van der Waals surface area contributed by atoms with E-state index in [4.69, 9.17) is 0 Å². The van der Waals surface area contributed by atoms with Crippen molar-refractivity contribution in [3.8, 4) is 0 Å². The van der Waals surface area contributed by atoms with Crippen LogP contribution >= 0.6 is 11.8 Å². The van der Waals surface area contributed by atoms with E-state index >= 15 is 0 Å². The van der Waals surface area contributed by atoms with Gasteiger partial charge in [0.15, 0.2) is 10.9 Å². The first kappa shape index (κ1) is 14.5. The maximum Gasteiger partial charge on any atom is 0.343 e. The standard InChI is InChI=1S/C13H16N4O2S/c1-3-7-17-12(19)15-16-13(17)20-9-5-6-10(14-8-9)11(18)4-2/h5-6,8H,3-4,7H2,1-2H3,(H,15,19). The molecule has 0 aliphatic rings. The fourth-order valence-corrected chi connectivity index (χ4v) is 2.52. The van der Waals surface area contributed by atoms with Crippen LogP contribution in [0.25, 0.3) is 0 Å². The minimum absolute atomic E-state index is 0.0178. The molecule has 0 saturated heterocycles. The average molecular weight is 292 g/mol. The predicted octanol–water partition coefficient (Wildman–Crippen LogP) is 2.12. The summed E-state index contributed by atoms with van der Waals surface area (Å²) in [5.41, 5.74) is 0.255. The van der Waals surface area contributed by atoms with E-state index < -0.39 is 0 Å². The van der Waals surface area contributed by atoms with Crippen molar-refractivity contribution in [3.63, 3.8) is 0 Å². The molecule has 2 rings (SSSR count). The fourth-order valence-electron chi connectivity index (χ4n) is 1.69. The lowest BCUT2D eigenvalue weighted by molar-refractivity contribution is 0.0983. The smallest absolute Gasteiger partial charge is 0.292 e. The summed E-state index contributed by atoms with van der Waals surface area (Å²) in [6, 6.07) is 3.51. The molecule has 7 heteroatoms. The molecular weight excluding hydrogens is 276 g/mol. The molecule has 106 valence electrons. The SMILES string of the molecule is CCCn1c(Sc2ccc(C(=O)CC)nc2)n[nH]c1=O. The highest BCUT2D eigenvalue weighted by Gasteiger charge is 2.10. The molecule has 0 bridgehead atoms. The van der Waals surface area contributed by atoms with Crippen LogP contribution in [-0.4, -0.2) is 25.5 Å². The Morgan fingerprint density at radius 2 is 2.20 bits per heavy atom. The molecule has 0 aliphatic carbocycles. The van der Waals surface area contributed by atoms with Crippen LogP contribution in [0.4, 0.5) is 0 Å². The Kier molecular flexibility index (Phi) is 4.73. The third-order valence-corrected chi connectivity index (χ3v) is 3.69. The van der Waals surface area contributed by atoms with Crippen LogP contribution in [0.3, 0.4) is 0 Å². The molecule has 0 radical (unpaired) electrons. The molecule has 0 fully saturated rings. The molecule has 2 aromatic rings. The van der Waals surface area contributed by atoms with E-state index in [1.54, 1.807) is 23.8 Å². The van der Waals surface area contributed by atoms with Gasteiger partial charge in [-0.2, -0.15) is 0 Å². The molecule has 0 atom stereocenters. The number of H-pyrrole nitrogens is 1. The van der Waals surface area contributed by atoms with Gasteiger partial charge in [-0.3, -0.25) is 14.3 Å². The number of carbonyl (C=O) groups excluding carboxylic acids is 1. The number of aromatic nitrogens is 4. The summed E-state index contributed by atoms with van der Waals surface area (Å²) < 4.78 is 1.59. The van der Waals surface area contributed by atoms with Crippen LogP contribution in [0.15, 0.2) is 33.2 Å². The molecule has 6 nitrogen and oxygen atoms in total. The summed E-state index contributed by atoms with van der Waals surface area (Å²) in [7, 11) is 0. The topological polar surface area (TPSA) is 80.6 Å². The summed E-state index contributed by atoms with van der Waals surface area (Å²) in [6.45, 7) is 4.43. The van der Waals surface area contributed by atoms with Crippen molar-refractivity contribution in [2.45, 2.75) is 43.3 Å². The van der Waals surface area contributed by atoms with Crippen molar-refractivity contribution in [2.75, 3.05) is 0 Å². The van der Waals surface area contributed by atoms with E-state index in [2.05, 4.69) is 15.2 Å². The number of hydrogen-bond donors (Lipinski definition) is 1. The second-order valence-corrected chi connectivity index (χ2v) is 5.26. The summed E-state index contributed by atoms with van der Waals surface area (Å²) in [5.74, 6) is 0.0178. The zero-order chi connectivity index (χ0) is 14.5. The number of aromatic amines is 1. The molecule has 20 heavy (non-hydrogen) atoms. The van der Waals surface area contributed by atoms with Crippen LogP contribution in [0, 0.1) is 0 Å². The maximum atomic E-state index is 11.6. The van der Waals surface area contributed by atoms with Gasteiger partial charge >= 0.3 is 5.69 Å². The van der Waals surface area contributed by atoms with Gasteiger partial charge in [-0.25, -0.2) is 9.89 Å². The number of nitrogens with one attached hydrogen (secondary N) is 1. The van der Waals surface area contributed by atoms with E-state index in [1.165, 1.54) is 11.8 Å². The van der Waals surface area contributed by atoms with Gasteiger partial charge < -0.3 is 0 Å². The summed E-state index contributed by atoms with van der Waals surface area (Å²) in [4.78, 5) is 28.0. The summed E-state index contributed by atoms with van der Waals surface area (Å²) in [6.07, 6.45) is 2.92. The lowest BCUT2D eigenvalue weighted by atomic mass is 10.2. The van der Waals surface area contributed by atoms with Crippen molar-refractivity contribution < 1.29 is 4.79 Å². The minimum Gasteiger partial charge on any atom is -0.292 e. The van der Waals surface area contributed by atoms with Gasteiger partial charge in [0.05, 0.1) is 0 Å². The molecule has 2 aromatic heterocycles. The Labute approximate surface area is 120 Å². The Hall–Kier alpha value is -1.89. The number of Topliss-reactive ketones (excluding diaryl/α,β-unsaturated/α-hetero) is 1. The number of hydrogen-bond acceptors (Lipinski definition) is 5. The van der Waals surface area contributed by atoms with Crippen molar-refractivity contribution in [1.29, 1.82) is 0 Å². The van der Waals surface area contributed by atoms with Gasteiger partial charge in [0.2, 0.25) is 0 Å². The van der Waals surface area contributed by atoms with Crippen molar-refractivity contribution in [3.05, 3.63) is 34.5 Å². The molecule has 2 heterocycles. The van der Waals surface area contributed by atoms with Crippen LogP contribution in [0.5, 0.6) is 0 Å². The molecule has 0 aromatic carbocycles.